The van der Waals surface area contributed by atoms with E-state index in [1.807, 2.05) is 24.3 Å². The molecule has 0 bridgehead atoms. The van der Waals surface area contributed by atoms with Gasteiger partial charge < -0.3 is 14.6 Å². The Morgan fingerprint density at radius 1 is 0.950 bits per heavy atom. The summed E-state index contributed by atoms with van der Waals surface area (Å²) in [6.45, 7) is 0. The summed E-state index contributed by atoms with van der Waals surface area (Å²) in [6.07, 6.45) is -0.764. The topological polar surface area (TPSA) is 38.7 Å². The first kappa shape index (κ1) is 15.4. The van der Waals surface area contributed by atoms with Crippen LogP contribution in [0.2, 0.25) is 0 Å². The first-order valence-corrected chi connectivity index (χ1v) is 7.51. The molecule has 106 valence electrons. The molecule has 2 rings (SSSR count). The summed E-state index contributed by atoms with van der Waals surface area (Å²) in [6, 6.07) is 11.1. The normalized spacial score (nSPS) is 12.1. The van der Waals surface area contributed by atoms with Crippen molar-refractivity contribution in [2.45, 2.75) is 6.10 Å². The molecule has 0 aliphatic rings. The van der Waals surface area contributed by atoms with Gasteiger partial charge in [-0.25, -0.2) is 0 Å². The van der Waals surface area contributed by atoms with Gasteiger partial charge in [-0.1, -0.05) is 28.1 Å². The molecule has 1 atom stereocenters. The molecule has 1 unspecified atom stereocenters. The maximum Gasteiger partial charge on any atom is 0.142 e. The van der Waals surface area contributed by atoms with Gasteiger partial charge in [0, 0.05) is 10.0 Å². The fraction of sp³-hybridized carbons (Fsp3) is 0.200. The Bertz CT molecular complexity index is 597. The highest BCUT2D eigenvalue weighted by Crippen LogP contribution is 2.41. The minimum Gasteiger partial charge on any atom is -0.495 e. The van der Waals surface area contributed by atoms with Crippen molar-refractivity contribution in [2.75, 3.05) is 14.2 Å². The molecule has 0 saturated carbocycles. The quantitative estimate of drug-likeness (QED) is 0.829. The molecule has 0 saturated heterocycles. The van der Waals surface area contributed by atoms with Crippen molar-refractivity contribution in [3.63, 3.8) is 0 Å². The molecule has 3 nitrogen and oxygen atoms in total. The number of hydrogen-bond acceptors (Lipinski definition) is 3. The zero-order valence-corrected chi connectivity index (χ0v) is 14.2. The Morgan fingerprint density at radius 2 is 1.60 bits per heavy atom. The smallest absolute Gasteiger partial charge is 0.142 e. The van der Waals surface area contributed by atoms with Gasteiger partial charge in [0.1, 0.15) is 22.1 Å². The van der Waals surface area contributed by atoms with Gasteiger partial charge >= 0.3 is 0 Å². The van der Waals surface area contributed by atoms with E-state index in [-0.39, 0.29) is 0 Å². The summed E-state index contributed by atoms with van der Waals surface area (Å²) in [5.41, 5.74) is 1.48. The number of halogens is 2. The first-order valence-electron chi connectivity index (χ1n) is 5.92. The molecule has 2 aromatic rings. The third kappa shape index (κ3) is 3.00. The SMILES string of the molecule is COc1ccc(C(O)c2ccc(Br)cc2)c(OC)c1Br. The molecule has 0 amide bonds. The summed E-state index contributed by atoms with van der Waals surface area (Å²) in [4.78, 5) is 0. The van der Waals surface area contributed by atoms with E-state index in [1.165, 1.54) is 0 Å². The second-order valence-electron chi connectivity index (χ2n) is 4.16. The van der Waals surface area contributed by atoms with Gasteiger partial charge in [0.05, 0.1) is 14.2 Å². The van der Waals surface area contributed by atoms with Crippen molar-refractivity contribution in [3.05, 3.63) is 56.5 Å². The van der Waals surface area contributed by atoms with E-state index in [9.17, 15) is 5.11 Å². The van der Waals surface area contributed by atoms with Crippen molar-refractivity contribution in [2.24, 2.45) is 0 Å². The van der Waals surface area contributed by atoms with Gasteiger partial charge in [-0.2, -0.15) is 0 Å². The Labute approximate surface area is 134 Å². The Hall–Kier alpha value is -1.04. The van der Waals surface area contributed by atoms with E-state index in [0.29, 0.717) is 21.5 Å². The van der Waals surface area contributed by atoms with Crippen LogP contribution in [0.25, 0.3) is 0 Å². The molecule has 0 heterocycles. The summed E-state index contributed by atoms with van der Waals surface area (Å²) in [7, 11) is 3.15. The van der Waals surface area contributed by atoms with E-state index in [2.05, 4.69) is 31.9 Å². The van der Waals surface area contributed by atoms with Crippen LogP contribution in [0.15, 0.2) is 45.3 Å². The van der Waals surface area contributed by atoms with Crippen molar-refractivity contribution in [1.29, 1.82) is 0 Å². The van der Waals surface area contributed by atoms with E-state index in [1.54, 1.807) is 26.4 Å². The summed E-state index contributed by atoms with van der Waals surface area (Å²) in [5, 5.41) is 10.5. The molecular weight excluding hydrogens is 388 g/mol. The number of ether oxygens (including phenoxy) is 2. The molecular formula is C15H14Br2O3. The lowest BCUT2D eigenvalue weighted by Crippen LogP contribution is -2.03. The van der Waals surface area contributed by atoms with Crippen molar-refractivity contribution in [1.82, 2.24) is 0 Å². The largest absolute Gasteiger partial charge is 0.495 e. The van der Waals surface area contributed by atoms with E-state index >= 15 is 0 Å². The van der Waals surface area contributed by atoms with E-state index in [4.69, 9.17) is 9.47 Å². The van der Waals surface area contributed by atoms with Crippen LogP contribution < -0.4 is 9.47 Å². The summed E-state index contributed by atoms with van der Waals surface area (Å²) < 4.78 is 12.3. The highest BCUT2D eigenvalue weighted by Gasteiger charge is 2.19. The zero-order valence-electron chi connectivity index (χ0n) is 11.1. The Morgan fingerprint density at radius 3 is 2.15 bits per heavy atom. The predicted octanol–water partition coefficient (Wildman–Crippen LogP) is 4.31. The molecule has 0 spiro atoms. The van der Waals surface area contributed by atoms with Gasteiger partial charge in [-0.15, -0.1) is 0 Å². The fourth-order valence-electron chi connectivity index (χ4n) is 1.96. The van der Waals surface area contributed by atoms with Crippen LogP contribution in [0.5, 0.6) is 11.5 Å². The molecule has 2 aromatic carbocycles. The number of methoxy groups -OCH3 is 2. The number of aliphatic hydroxyl groups excluding tert-OH is 1. The number of rotatable bonds is 4. The highest BCUT2D eigenvalue weighted by atomic mass is 79.9. The van der Waals surface area contributed by atoms with Crippen LogP contribution in [-0.4, -0.2) is 19.3 Å². The lowest BCUT2D eigenvalue weighted by molar-refractivity contribution is 0.214. The monoisotopic (exact) mass is 400 g/mol. The molecule has 0 fully saturated rings. The maximum absolute atomic E-state index is 10.5. The third-order valence-electron chi connectivity index (χ3n) is 3.00. The lowest BCUT2D eigenvalue weighted by Gasteiger charge is -2.18. The molecule has 20 heavy (non-hydrogen) atoms. The lowest BCUT2D eigenvalue weighted by atomic mass is 10.0. The standard InChI is InChI=1S/C15H14Br2O3/c1-19-12-8-7-11(15(20-2)13(12)17)14(18)9-3-5-10(16)6-4-9/h3-8,14,18H,1-2H3. The minimum absolute atomic E-state index is 0.569. The maximum atomic E-state index is 10.5. The minimum atomic E-state index is -0.764. The van der Waals surface area contributed by atoms with Gasteiger partial charge in [-0.3, -0.25) is 0 Å². The number of hydrogen-bond donors (Lipinski definition) is 1. The predicted molar refractivity (Wildman–Crippen MR) is 85.4 cm³/mol. The average Bonchev–Trinajstić information content (AvgIpc) is 2.47. The average molecular weight is 402 g/mol. The van der Waals surface area contributed by atoms with Crippen LogP contribution in [0, 0.1) is 0 Å². The number of aliphatic hydroxyl groups is 1. The van der Waals surface area contributed by atoms with Gasteiger partial charge in [-0.05, 0) is 45.8 Å². The second kappa shape index (κ2) is 6.61. The molecule has 0 aliphatic heterocycles. The van der Waals surface area contributed by atoms with Crippen LogP contribution in [0.4, 0.5) is 0 Å². The van der Waals surface area contributed by atoms with Gasteiger partial charge in [0.15, 0.2) is 0 Å². The van der Waals surface area contributed by atoms with E-state index in [0.717, 1.165) is 10.0 Å². The molecule has 0 radical (unpaired) electrons. The van der Waals surface area contributed by atoms with Crippen molar-refractivity contribution >= 4 is 31.9 Å². The second-order valence-corrected chi connectivity index (χ2v) is 5.87. The van der Waals surface area contributed by atoms with Crippen molar-refractivity contribution in [3.8, 4) is 11.5 Å². The van der Waals surface area contributed by atoms with E-state index < -0.39 is 6.10 Å². The molecule has 0 aromatic heterocycles. The van der Waals surface area contributed by atoms with Gasteiger partial charge in [0.25, 0.3) is 0 Å². The fourth-order valence-corrected chi connectivity index (χ4v) is 2.91. The van der Waals surface area contributed by atoms with Crippen LogP contribution in [-0.2, 0) is 0 Å². The highest BCUT2D eigenvalue weighted by molar-refractivity contribution is 9.11. The number of benzene rings is 2. The molecule has 0 aliphatic carbocycles. The molecule has 5 heteroatoms. The Kier molecular flexibility index (Phi) is 5.07. The Balaban J connectivity index is 2.46. The van der Waals surface area contributed by atoms with Crippen LogP contribution in [0.1, 0.15) is 17.2 Å². The van der Waals surface area contributed by atoms with Crippen LogP contribution in [0.3, 0.4) is 0 Å². The third-order valence-corrected chi connectivity index (χ3v) is 4.28. The summed E-state index contributed by atoms with van der Waals surface area (Å²) >= 11 is 6.82. The first-order chi connectivity index (χ1) is 9.58. The zero-order chi connectivity index (χ0) is 14.7. The molecule has 1 N–H and O–H groups in total. The van der Waals surface area contributed by atoms with Crippen molar-refractivity contribution < 1.29 is 14.6 Å². The summed E-state index contributed by atoms with van der Waals surface area (Å²) in [5.74, 6) is 1.23. The van der Waals surface area contributed by atoms with Gasteiger partial charge in [0.2, 0.25) is 0 Å². The van der Waals surface area contributed by atoms with Crippen LogP contribution >= 0.6 is 31.9 Å².